The van der Waals surface area contributed by atoms with Gasteiger partial charge in [-0.2, -0.15) is 0 Å². The number of aryl methyl sites for hydroxylation is 3. The molecular formula is C23H23N3O. The summed E-state index contributed by atoms with van der Waals surface area (Å²) in [5, 5.41) is 0. The Morgan fingerprint density at radius 1 is 0.963 bits per heavy atom. The molecule has 0 aliphatic heterocycles. The molecule has 0 fully saturated rings. The van der Waals surface area contributed by atoms with E-state index in [2.05, 4.69) is 53.7 Å². The van der Waals surface area contributed by atoms with Gasteiger partial charge in [-0.3, -0.25) is 4.98 Å². The number of hydrogen-bond donors (Lipinski definition) is 0. The molecule has 0 atom stereocenters. The summed E-state index contributed by atoms with van der Waals surface area (Å²) in [7, 11) is 0. The first-order valence-electron chi connectivity index (χ1n) is 9.16. The highest BCUT2D eigenvalue weighted by Gasteiger charge is 2.13. The van der Waals surface area contributed by atoms with Crippen molar-refractivity contribution >= 4 is 11.0 Å². The van der Waals surface area contributed by atoms with E-state index in [1.54, 1.807) is 6.20 Å². The zero-order chi connectivity index (χ0) is 18.8. The molecule has 0 unspecified atom stereocenters. The van der Waals surface area contributed by atoms with Crippen LogP contribution in [-0.2, 0) is 13.2 Å². The lowest BCUT2D eigenvalue weighted by atomic mass is 10.1. The van der Waals surface area contributed by atoms with Crippen LogP contribution in [-0.4, -0.2) is 14.5 Å². The van der Waals surface area contributed by atoms with E-state index in [4.69, 9.17) is 9.72 Å². The van der Waals surface area contributed by atoms with Crippen LogP contribution in [0, 0.1) is 20.8 Å². The van der Waals surface area contributed by atoms with Crippen LogP contribution in [0.1, 0.15) is 28.2 Å². The Hall–Kier alpha value is -3.14. The first-order chi connectivity index (χ1) is 13.1. The monoisotopic (exact) mass is 357 g/mol. The Bertz CT molecular complexity index is 1100. The third kappa shape index (κ3) is 3.56. The maximum atomic E-state index is 6.04. The van der Waals surface area contributed by atoms with Gasteiger partial charge in [-0.15, -0.1) is 0 Å². The summed E-state index contributed by atoms with van der Waals surface area (Å²) in [6, 6.07) is 18.7. The summed E-state index contributed by atoms with van der Waals surface area (Å²) in [5.74, 6) is 1.71. The lowest BCUT2D eigenvalue weighted by molar-refractivity contribution is 0.288. The van der Waals surface area contributed by atoms with E-state index < -0.39 is 0 Å². The largest absolute Gasteiger partial charge is 0.484 e. The molecule has 4 aromatic rings. The normalized spacial score (nSPS) is 11.1. The van der Waals surface area contributed by atoms with Gasteiger partial charge in [-0.1, -0.05) is 35.9 Å². The first kappa shape index (κ1) is 17.3. The maximum Gasteiger partial charge on any atom is 0.148 e. The molecule has 0 bridgehead atoms. The van der Waals surface area contributed by atoms with Crippen LogP contribution in [0.15, 0.2) is 60.8 Å². The van der Waals surface area contributed by atoms with Gasteiger partial charge in [0.1, 0.15) is 18.2 Å². The molecule has 2 aromatic carbocycles. The molecule has 4 rings (SSSR count). The van der Waals surface area contributed by atoms with Gasteiger partial charge in [0.05, 0.1) is 16.7 Å². The zero-order valence-electron chi connectivity index (χ0n) is 15.9. The molecule has 0 amide bonds. The molecule has 0 spiro atoms. The standard InChI is InChI=1S/C23H23N3O/c1-16-10-11-17(2)19(13-16)14-26-21-8-5-4-7-20(21)25-23(26)15-27-22-9-6-12-24-18(22)3/h4-13H,14-15H2,1-3H3. The highest BCUT2D eigenvalue weighted by Crippen LogP contribution is 2.22. The molecule has 4 heteroatoms. The van der Waals surface area contributed by atoms with E-state index in [1.165, 1.54) is 16.7 Å². The summed E-state index contributed by atoms with van der Waals surface area (Å²) < 4.78 is 8.29. The van der Waals surface area contributed by atoms with Gasteiger partial charge in [0.2, 0.25) is 0 Å². The van der Waals surface area contributed by atoms with Crippen LogP contribution in [0.5, 0.6) is 5.75 Å². The first-order valence-corrected chi connectivity index (χ1v) is 9.16. The van der Waals surface area contributed by atoms with Crippen molar-refractivity contribution in [3.05, 3.63) is 89.0 Å². The van der Waals surface area contributed by atoms with Crippen molar-refractivity contribution < 1.29 is 4.74 Å². The number of ether oxygens (including phenoxy) is 1. The summed E-state index contributed by atoms with van der Waals surface area (Å²) in [4.78, 5) is 9.12. The maximum absolute atomic E-state index is 6.04. The number of rotatable bonds is 5. The van der Waals surface area contributed by atoms with Crippen LogP contribution in [0.2, 0.25) is 0 Å². The third-order valence-electron chi connectivity index (χ3n) is 4.88. The highest BCUT2D eigenvalue weighted by molar-refractivity contribution is 5.76. The second-order valence-electron chi connectivity index (χ2n) is 6.91. The molecule has 0 aliphatic rings. The predicted molar refractivity (Wildman–Crippen MR) is 108 cm³/mol. The smallest absolute Gasteiger partial charge is 0.148 e. The number of aromatic nitrogens is 3. The highest BCUT2D eigenvalue weighted by atomic mass is 16.5. The molecule has 0 saturated heterocycles. The Kier molecular flexibility index (Phi) is 4.63. The lowest BCUT2D eigenvalue weighted by Crippen LogP contribution is -2.10. The van der Waals surface area contributed by atoms with E-state index in [-0.39, 0.29) is 0 Å². The Balaban J connectivity index is 1.71. The SMILES string of the molecule is Cc1ccc(C)c(Cn2c(COc3cccnc3C)nc3ccccc32)c1. The van der Waals surface area contributed by atoms with Crippen molar-refractivity contribution in [3.63, 3.8) is 0 Å². The summed E-state index contributed by atoms with van der Waals surface area (Å²) in [6.45, 7) is 7.42. The Labute approximate surface area is 159 Å². The number of pyridine rings is 1. The molecule has 0 saturated carbocycles. The minimum Gasteiger partial charge on any atom is -0.484 e. The minimum absolute atomic E-state index is 0.409. The second-order valence-corrected chi connectivity index (χ2v) is 6.91. The van der Waals surface area contributed by atoms with E-state index in [0.717, 1.165) is 34.8 Å². The number of hydrogen-bond acceptors (Lipinski definition) is 3. The van der Waals surface area contributed by atoms with E-state index in [9.17, 15) is 0 Å². The van der Waals surface area contributed by atoms with Gasteiger partial charge in [-0.25, -0.2) is 4.98 Å². The van der Waals surface area contributed by atoms with E-state index in [0.29, 0.717) is 6.61 Å². The van der Waals surface area contributed by atoms with E-state index in [1.807, 2.05) is 31.2 Å². The van der Waals surface area contributed by atoms with E-state index >= 15 is 0 Å². The van der Waals surface area contributed by atoms with Crippen LogP contribution >= 0.6 is 0 Å². The average molecular weight is 357 g/mol. The third-order valence-corrected chi connectivity index (χ3v) is 4.88. The fourth-order valence-corrected chi connectivity index (χ4v) is 3.32. The number of imidazole rings is 1. The average Bonchev–Trinajstić information content (AvgIpc) is 3.02. The van der Waals surface area contributed by atoms with Crippen molar-refractivity contribution in [2.24, 2.45) is 0 Å². The molecule has 2 aromatic heterocycles. The number of nitrogens with zero attached hydrogens (tertiary/aromatic N) is 3. The topological polar surface area (TPSA) is 39.9 Å². The summed E-state index contributed by atoms with van der Waals surface area (Å²) in [5.41, 5.74) is 6.85. The lowest BCUT2D eigenvalue weighted by Gasteiger charge is -2.13. The van der Waals surface area contributed by atoms with Crippen molar-refractivity contribution in [1.82, 2.24) is 14.5 Å². The predicted octanol–water partition coefficient (Wildman–Crippen LogP) is 4.98. The van der Waals surface area contributed by atoms with Crippen LogP contribution < -0.4 is 4.74 Å². The molecular weight excluding hydrogens is 334 g/mol. The minimum atomic E-state index is 0.409. The van der Waals surface area contributed by atoms with Gasteiger partial charge in [0, 0.05) is 12.7 Å². The summed E-state index contributed by atoms with van der Waals surface area (Å²) >= 11 is 0. The number of benzene rings is 2. The fraction of sp³-hybridized carbons (Fsp3) is 0.217. The van der Waals surface area contributed by atoms with Crippen molar-refractivity contribution in [1.29, 1.82) is 0 Å². The molecule has 0 aliphatic carbocycles. The van der Waals surface area contributed by atoms with Crippen molar-refractivity contribution in [2.45, 2.75) is 33.9 Å². The van der Waals surface area contributed by atoms with Crippen LogP contribution in [0.3, 0.4) is 0 Å². The Morgan fingerprint density at radius 2 is 1.81 bits per heavy atom. The van der Waals surface area contributed by atoms with Crippen LogP contribution in [0.4, 0.5) is 0 Å². The molecule has 0 N–H and O–H groups in total. The quantitative estimate of drug-likeness (QED) is 0.505. The van der Waals surface area contributed by atoms with Gasteiger partial charge < -0.3 is 9.30 Å². The van der Waals surface area contributed by atoms with Gasteiger partial charge in [-0.05, 0) is 56.2 Å². The fourth-order valence-electron chi connectivity index (χ4n) is 3.32. The molecule has 2 heterocycles. The molecule has 4 nitrogen and oxygen atoms in total. The van der Waals surface area contributed by atoms with Crippen LogP contribution in [0.25, 0.3) is 11.0 Å². The zero-order valence-corrected chi connectivity index (χ0v) is 15.9. The Morgan fingerprint density at radius 3 is 2.67 bits per heavy atom. The van der Waals surface area contributed by atoms with Crippen molar-refractivity contribution in [2.75, 3.05) is 0 Å². The number of para-hydroxylation sites is 2. The molecule has 27 heavy (non-hydrogen) atoms. The molecule has 0 radical (unpaired) electrons. The van der Waals surface area contributed by atoms with Crippen molar-refractivity contribution in [3.8, 4) is 5.75 Å². The molecule has 136 valence electrons. The number of fused-ring (bicyclic) bond motifs is 1. The summed E-state index contributed by atoms with van der Waals surface area (Å²) in [6.07, 6.45) is 1.78. The van der Waals surface area contributed by atoms with Gasteiger partial charge in [0.25, 0.3) is 0 Å². The second kappa shape index (κ2) is 7.23. The van der Waals surface area contributed by atoms with Gasteiger partial charge in [0.15, 0.2) is 0 Å². The van der Waals surface area contributed by atoms with Gasteiger partial charge >= 0.3 is 0 Å².